The van der Waals surface area contributed by atoms with E-state index in [-0.39, 0.29) is 12.5 Å². The van der Waals surface area contributed by atoms with E-state index in [1.165, 1.54) is 22.0 Å². The van der Waals surface area contributed by atoms with Gasteiger partial charge in [-0.05, 0) is 42.6 Å². The molecule has 0 unspecified atom stereocenters. The van der Waals surface area contributed by atoms with Gasteiger partial charge >= 0.3 is 0 Å². The predicted molar refractivity (Wildman–Crippen MR) is 142 cm³/mol. The monoisotopic (exact) mass is 472 g/mol. The number of amides is 1. The summed E-state index contributed by atoms with van der Waals surface area (Å²) in [5, 5.41) is 2.39. The first kappa shape index (κ1) is 23.6. The Hall–Kier alpha value is -3.09. The Morgan fingerprint density at radius 3 is 2.37 bits per heavy atom. The molecular formula is C29H36N4O2. The average Bonchev–Trinajstić information content (AvgIpc) is 2.91. The largest absolute Gasteiger partial charge is 0.484 e. The molecule has 0 atom stereocenters. The summed E-state index contributed by atoms with van der Waals surface area (Å²) in [6.07, 6.45) is 1.05. The average molecular weight is 473 g/mol. The van der Waals surface area contributed by atoms with Gasteiger partial charge in [-0.15, -0.1) is 0 Å². The molecule has 6 nitrogen and oxygen atoms in total. The van der Waals surface area contributed by atoms with E-state index in [1.807, 2.05) is 11.0 Å². The first-order valence-electron chi connectivity index (χ1n) is 12.8. The van der Waals surface area contributed by atoms with E-state index in [9.17, 15) is 4.79 Å². The quantitative estimate of drug-likeness (QED) is 0.527. The highest BCUT2D eigenvalue weighted by molar-refractivity contribution is 5.95. The second-order valence-corrected chi connectivity index (χ2v) is 9.70. The zero-order valence-electron chi connectivity index (χ0n) is 20.7. The van der Waals surface area contributed by atoms with Gasteiger partial charge in [-0.3, -0.25) is 9.69 Å². The molecule has 184 valence electrons. The summed E-state index contributed by atoms with van der Waals surface area (Å²) in [5.41, 5.74) is 2.62. The molecule has 1 amide bonds. The molecule has 2 saturated heterocycles. The lowest BCUT2D eigenvalue weighted by Crippen LogP contribution is -2.50. The molecule has 0 aliphatic carbocycles. The van der Waals surface area contributed by atoms with Crippen molar-refractivity contribution in [1.29, 1.82) is 0 Å². The highest BCUT2D eigenvalue weighted by atomic mass is 16.5. The predicted octanol–water partition coefficient (Wildman–Crippen LogP) is 3.36. The molecule has 0 bridgehead atoms. The summed E-state index contributed by atoms with van der Waals surface area (Å²) in [6, 6.07) is 23.2. The lowest BCUT2D eigenvalue weighted by Gasteiger charge is -2.35. The molecule has 6 heteroatoms. The van der Waals surface area contributed by atoms with Gasteiger partial charge in [-0.1, -0.05) is 48.5 Å². The van der Waals surface area contributed by atoms with E-state index < -0.39 is 0 Å². The smallest absolute Gasteiger partial charge is 0.260 e. The maximum Gasteiger partial charge on any atom is 0.260 e. The van der Waals surface area contributed by atoms with Crippen molar-refractivity contribution in [2.24, 2.45) is 0 Å². The molecule has 0 saturated carbocycles. The van der Waals surface area contributed by atoms with Crippen molar-refractivity contribution in [3.8, 4) is 5.75 Å². The van der Waals surface area contributed by atoms with Crippen LogP contribution >= 0.6 is 0 Å². The van der Waals surface area contributed by atoms with E-state index in [0.29, 0.717) is 0 Å². The van der Waals surface area contributed by atoms with Gasteiger partial charge in [0.2, 0.25) is 0 Å². The fourth-order valence-electron chi connectivity index (χ4n) is 5.04. The number of rotatable bonds is 7. The molecular weight excluding hydrogens is 436 g/mol. The van der Waals surface area contributed by atoms with Crippen molar-refractivity contribution in [3.05, 3.63) is 72.3 Å². The second kappa shape index (κ2) is 11.1. The number of carbonyl (C=O) groups is 1. The first-order valence-corrected chi connectivity index (χ1v) is 12.8. The Morgan fingerprint density at radius 2 is 1.60 bits per heavy atom. The number of nitrogens with zero attached hydrogens (tertiary/aromatic N) is 4. The van der Waals surface area contributed by atoms with E-state index in [4.69, 9.17) is 4.74 Å². The third kappa shape index (κ3) is 5.95. The van der Waals surface area contributed by atoms with Crippen LogP contribution in [0.2, 0.25) is 0 Å². The molecule has 3 aromatic carbocycles. The van der Waals surface area contributed by atoms with Gasteiger partial charge in [0, 0.05) is 70.0 Å². The van der Waals surface area contributed by atoms with Crippen LogP contribution in [0.1, 0.15) is 5.56 Å². The number of ether oxygens (including phenoxy) is 1. The van der Waals surface area contributed by atoms with Crippen molar-refractivity contribution in [2.45, 2.75) is 6.42 Å². The third-order valence-corrected chi connectivity index (χ3v) is 7.32. The maximum atomic E-state index is 12.8. The van der Waals surface area contributed by atoms with E-state index in [2.05, 4.69) is 82.4 Å². The van der Waals surface area contributed by atoms with Crippen LogP contribution in [0.4, 0.5) is 5.69 Å². The van der Waals surface area contributed by atoms with Crippen LogP contribution in [0.25, 0.3) is 10.8 Å². The fourth-order valence-corrected chi connectivity index (χ4v) is 5.04. The summed E-state index contributed by atoms with van der Waals surface area (Å²) < 4.78 is 5.99. The second-order valence-electron chi connectivity index (χ2n) is 9.70. The number of fused-ring (bicyclic) bond motifs is 1. The summed E-state index contributed by atoms with van der Waals surface area (Å²) in [5.74, 6) is 0.828. The Labute approximate surface area is 208 Å². The Morgan fingerprint density at radius 1 is 0.829 bits per heavy atom. The van der Waals surface area contributed by atoms with E-state index in [0.717, 1.165) is 71.1 Å². The van der Waals surface area contributed by atoms with Crippen LogP contribution in [-0.4, -0.2) is 93.2 Å². The van der Waals surface area contributed by atoms with Gasteiger partial charge in [0.25, 0.3) is 5.91 Å². The minimum Gasteiger partial charge on any atom is -0.484 e. The molecule has 2 fully saturated rings. The molecule has 0 aromatic heterocycles. The number of hydrogen-bond acceptors (Lipinski definition) is 5. The topological polar surface area (TPSA) is 39.3 Å². The van der Waals surface area contributed by atoms with Gasteiger partial charge < -0.3 is 19.4 Å². The number of hydrogen-bond donors (Lipinski definition) is 0. The third-order valence-electron chi connectivity index (χ3n) is 7.32. The van der Waals surface area contributed by atoms with Crippen molar-refractivity contribution < 1.29 is 9.53 Å². The van der Waals surface area contributed by atoms with Gasteiger partial charge in [-0.25, -0.2) is 0 Å². The Bertz CT molecular complexity index is 1120. The number of anilines is 1. The lowest BCUT2D eigenvalue weighted by atomic mass is 10.1. The summed E-state index contributed by atoms with van der Waals surface area (Å²) in [6.45, 7) is 8.69. The van der Waals surface area contributed by atoms with Crippen LogP contribution in [0.5, 0.6) is 5.75 Å². The van der Waals surface area contributed by atoms with Crippen LogP contribution in [-0.2, 0) is 11.2 Å². The molecule has 5 rings (SSSR count). The zero-order chi connectivity index (χ0) is 24.0. The number of benzene rings is 3. The lowest BCUT2D eigenvalue weighted by molar-refractivity contribution is -0.135. The summed E-state index contributed by atoms with van der Waals surface area (Å²) in [4.78, 5) is 22.0. The van der Waals surface area contributed by atoms with E-state index >= 15 is 0 Å². The number of likely N-dealkylation sites (N-methyl/N-ethyl adjacent to an activating group) is 1. The van der Waals surface area contributed by atoms with Crippen molar-refractivity contribution in [3.63, 3.8) is 0 Å². The molecule has 35 heavy (non-hydrogen) atoms. The maximum absolute atomic E-state index is 12.8. The first-order chi connectivity index (χ1) is 17.2. The highest BCUT2D eigenvalue weighted by Gasteiger charge is 2.21. The van der Waals surface area contributed by atoms with E-state index in [1.54, 1.807) is 0 Å². The zero-order valence-corrected chi connectivity index (χ0v) is 20.7. The normalized spacial score (nSPS) is 17.6. The van der Waals surface area contributed by atoms with Crippen LogP contribution in [0.3, 0.4) is 0 Å². The Balaban J connectivity index is 1.14. The van der Waals surface area contributed by atoms with Crippen LogP contribution < -0.4 is 9.64 Å². The van der Waals surface area contributed by atoms with Gasteiger partial charge in [0.15, 0.2) is 6.61 Å². The SMILES string of the molecule is CN1CCN(c2cccc3ccc(OCC(=O)N4CCN(CCc5ccccc5)CC4)cc23)CC1. The summed E-state index contributed by atoms with van der Waals surface area (Å²) in [7, 11) is 2.17. The molecule has 2 aliphatic heterocycles. The minimum absolute atomic E-state index is 0.0696. The minimum atomic E-state index is 0.0696. The van der Waals surface area contributed by atoms with Crippen molar-refractivity contribution in [2.75, 3.05) is 77.5 Å². The van der Waals surface area contributed by atoms with Crippen LogP contribution in [0, 0.1) is 0 Å². The summed E-state index contributed by atoms with van der Waals surface area (Å²) >= 11 is 0. The molecule has 2 heterocycles. The number of carbonyl (C=O) groups excluding carboxylic acids is 1. The van der Waals surface area contributed by atoms with Crippen molar-refractivity contribution in [1.82, 2.24) is 14.7 Å². The van der Waals surface area contributed by atoms with Gasteiger partial charge in [0.05, 0.1) is 0 Å². The van der Waals surface area contributed by atoms with Crippen LogP contribution in [0.15, 0.2) is 66.7 Å². The molecule has 2 aliphatic rings. The Kier molecular flexibility index (Phi) is 7.50. The highest BCUT2D eigenvalue weighted by Crippen LogP contribution is 2.30. The molecule has 0 radical (unpaired) electrons. The van der Waals surface area contributed by atoms with Gasteiger partial charge in [0.1, 0.15) is 5.75 Å². The van der Waals surface area contributed by atoms with Gasteiger partial charge in [-0.2, -0.15) is 0 Å². The fraction of sp³-hybridized carbons (Fsp3) is 0.414. The number of piperazine rings is 2. The molecule has 0 N–H and O–H groups in total. The molecule has 0 spiro atoms. The van der Waals surface area contributed by atoms with Crippen molar-refractivity contribution >= 4 is 22.4 Å². The molecule has 3 aromatic rings. The standard InChI is InChI=1S/C29H36N4O2/c1-30-14-18-32(19-15-30)28-9-5-8-25-10-11-26(22-27(25)28)35-23-29(34)33-20-16-31(17-21-33)13-12-24-6-3-2-4-7-24/h2-11,22H,12-21,23H2,1H3.